The Bertz CT molecular complexity index is 482. The van der Waals surface area contributed by atoms with E-state index in [-0.39, 0.29) is 5.91 Å². The summed E-state index contributed by atoms with van der Waals surface area (Å²) < 4.78 is 0. The van der Waals surface area contributed by atoms with Crippen LogP contribution in [0.1, 0.15) is 43.0 Å². The smallest absolute Gasteiger partial charge is 0.248 e. The van der Waals surface area contributed by atoms with Gasteiger partial charge in [0, 0.05) is 12.1 Å². The zero-order chi connectivity index (χ0) is 13.4. The number of benzene rings is 1. The minimum Gasteiger partial charge on any atom is -0.316 e. The molecule has 1 aromatic rings. The standard InChI is InChI=1S/C15H22N2O/c1-5-9(2)8-17-14-11(4)10(3)6-7-12(14)13(16)15(17)18/h6-7,9,13H,5,8,16H2,1-4H3. The van der Waals surface area contributed by atoms with E-state index < -0.39 is 6.04 Å². The molecule has 1 aliphatic heterocycles. The second kappa shape index (κ2) is 4.73. The number of amides is 1. The van der Waals surface area contributed by atoms with Crippen LogP contribution in [0, 0.1) is 19.8 Å². The zero-order valence-corrected chi connectivity index (χ0v) is 11.7. The maximum Gasteiger partial charge on any atom is 0.248 e. The Morgan fingerprint density at radius 2 is 2.06 bits per heavy atom. The summed E-state index contributed by atoms with van der Waals surface area (Å²) in [4.78, 5) is 14.2. The summed E-state index contributed by atoms with van der Waals surface area (Å²) in [6, 6.07) is 3.56. The molecule has 0 spiro atoms. The van der Waals surface area contributed by atoms with Crippen molar-refractivity contribution < 1.29 is 4.79 Å². The summed E-state index contributed by atoms with van der Waals surface area (Å²) in [5, 5.41) is 0. The van der Waals surface area contributed by atoms with Crippen LogP contribution in [0.4, 0.5) is 5.69 Å². The van der Waals surface area contributed by atoms with Gasteiger partial charge in [0.1, 0.15) is 6.04 Å². The molecule has 18 heavy (non-hydrogen) atoms. The summed E-state index contributed by atoms with van der Waals surface area (Å²) in [5.41, 5.74) is 10.4. The molecule has 0 aliphatic carbocycles. The highest BCUT2D eigenvalue weighted by molar-refractivity contribution is 6.05. The number of anilines is 1. The van der Waals surface area contributed by atoms with Gasteiger partial charge >= 0.3 is 0 Å². The van der Waals surface area contributed by atoms with Crippen LogP contribution in [0.3, 0.4) is 0 Å². The Morgan fingerprint density at radius 3 is 2.67 bits per heavy atom. The topological polar surface area (TPSA) is 46.3 Å². The van der Waals surface area contributed by atoms with Gasteiger partial charge < -0.3 is 10.6 Å². The van der Waals surface area contributed by atoms with Crippen LogP contribution in [-0.2, 0) is 4.79 Å². The van der Waals surface area contributed by atoms with Gasteiger partial charge in [0.05, 0.1) is 5.69 Å². The molecule has 1 aromatic carbocycles. The molecule has 98 valence electrons. The van der Waals surface area contributed by atoms with Gasteiger partial charge in [0.2, 0.25) is 5.91 Å². The second-order valence-electron chi connectivity index (χ2n) is 5.39. The number of hydrogen-bond donors (Lipinski definition) is 1. The van der Waals surface area contributed by atoms with E-state index in [0.717, 1.165) is 24.2 Å². The van der Waals surface area contributed by atoms with Crippen LogP contribution in [0.15, 0.2) is 12.1 Å². The van der Waals surface area contributed by atoms with E-state index >= 15 is 0 Å². The zero-order valence-electron chi connectivity index (χ0n) is 11.7. The SMILES string of the molecule is CCC(C)CN1C(=O)C(N)c2ccc(C)c(C)c21. The minimum atomic E-state index is -0.483. The molecule has 0 radical (unpaired) electrons. The Morgan fingerprint density at radius 1 is 1.39 bits per heavy atom. The fourth-order valence-electron chi connectivity index (χ4n) is 2.46. The van der Waals surface area contributed by atoms with Crippen LogP contribution in [0.5, 0.6) is 0 Å². The van der Waals surface area contributed by atoms with Gasteiger partial charge in [0.15, 0.2) is 0 Å². The molecular formula is C15H22N2O. The molecule has 3 nitrogen and oxygen atoms in total. The minimum absolute atomic E-state index is 0.0407. The van der Waals surface area contributed by atoms with Gasteiger partial charge in [-0.15, -0.1) is 0 Å². The lowest BCUT2D eigenvalue weighted by molar-refractivity contribution is -0.119. The highest BCUT2D eigenvalue weighted by Crippen LogP contribution is 2.38. The lowest BCUT2D eigenvalue weighted by Crippen LogP contribution is -2.35. The number of rotatable bonds is 3. The van der Waals surface area contributed by atoms with Gasteiger partial charge in [-0.25, -0.2) is 0 Å². The summed E-state index contributed by atoms with van der Waals surface area (Å²) in [6.07, 6.45) is 1.07. The molecule has 2 N–H and O–H groups in total. The molecule has 0 aromatic heterocycles. The van der Waals surface area contributed by atoms with Crippen molar-refractivity contribution in [3.63, 3.8) is 0 Å². The predicted octanol–water partition coefficient (Wildman–Crippen LogP) is 2.70. The van der Waals surface area contributed by atoms with Crippen molar-refractivity contribution in [2.75, 3.05) is 11.4 Å². The van der Waals surface area contributed by atoms with Crippen molar-refractivity contribution >= 4 is 11.6 Å². The summed E-state index contributed by atoms with van der Waals surface area (Å²) >= 11 is 0. The van der Waals surface area contributed by atoms with E-state index in [0.29, 0.717) is 5.92 Å². The largest absolute Gasteiger partial charge is 0.316 e. The number of nitrogens with zero attached hydrogens (tertiary/aromatic N) is 1. The first-order chi connectivity index (χ1) is 8.47. The number of fused-ring (bicyclic) bond motifs is 1. The van der Waals surface area contributed by atoms with Gasteiger partial charge in [-0.05, 0) is 30.9 Å². The summed E-state index contributed by atoms with van der Waals surface area (Å²) in [6.45, 7) is 9.23. The molecule has 2 unspecified atom stereocenters. The number of hydrogen-bond acceptors (Lipinski definition) is 2. The highest BCUT2D eigenvalue weighted by atomic mass is 16.2. The van der Waals surface area contributed by atoms with Crippen LogP contribution in [-0.4, -0.2) is 12.5 Å². The van der Waals surface area contributed by atoms with Crippen molar-refractivity contribution in [2.45, 2.75) is 40.2 Å². The van der Waals surface area contributed by atoms with Crippen molar-refractivity contribution in [3.8, 4) is 0 Å². The first-order valence-electron chi connectivity index (χ1n) is 6.64. The second-order valence-corrected chi connectivity index (χ2v) is 5.39. The Labute approximate surface area is 109 Å². The summed E-state index contributed by atoms with van der Waals surface area (Å²) in [5.74, 6) is 0.533. The molecule has 0 fully saturated rings. The van der Waals surface area contributed by atoms with Gasteiger partial charge in [-0.1, -0.05) is 32.4 Å². The maximum atomic E-state index is 12.3. The Hall–Kier alpha value is -1.35. The van der Waals surface area contributed by atoms with Gasteiger partial charge in [-0.3, -0.25) is 4.79 Å². The van der Waals surface area contributed by atoms with Crippen LogP contribution >= 0.6 is 0 Å². The van der Waals surface area contributed by atoms with Crippen molar-refractivity contribution in [3.05, 3.63) is 28.8 Å². The van der Waals surface area contributed by atoms with E-state index in [1.54, 1.807) is 0 Å². The molecule has 2 atom stereocenters. The number of nitrogens with two attached hydrogens (primary N) is 1. The van der Waals surface area contributed by atoms with E-state index in [4.69, 9.17) is 5.73 Å². The van der Waals surface area contributed by atoms with Crippen LogP contribution in [0.25, 0.3) is 0 Å². The fourth-order valence-corrected chi connectivity index (χ4v) is 2.46. The first kappa shape index (κ1) is 13.1. The summed E-state index contributed by atoms with van der Waals surface area (Å²) in [7, 11) is 0. The molecule has 0 bridgehead atoms. The molecule has 0 saturated heterocycles. The third-order valence-corrected chi connectivity index (χ3v) is 4.06. The van der Waals surface area contributed by atoms with Gasteiger partial charge in [0.25, 0.3) is 0 Å². The van der Waals surface area contributed by atoms with Crippen LogP contribution in [0.2, 0.25) is 0 Å². The van der Waals surface area contributed by atoms with Crippen molar-refractivity contribution in [2.24, 2.45) is 11.7 Å². The van der Waals surface area contributed by atoms with E-state index in [9.17, 15) is 4.79 Å². The van der Waals surface area contributed by atoms with E-state index in [2.05, 4.69) is 27.7 Å². The number of carbonyl (C=O) groups is 1. The molecule has 1 heterocycles. The molecule has 2 rings (SSSR count). The van der Waals surface area contributed by atoms with Crippen molar-refractivity contribution in [1.29, 1.82) is 0 Å². The Kier molecular flexibility index (Phi) is 3.44. The third-order valence-electron chi connectivity index (χ3n) is 4.06. The normalized spacial score (nSPS) is 20.2. The lowest BCUT2D eigenvalue weighted by atomic mass is 10.0. The van der Waals surface area contributed by atoms with E-state index in [1.165, 1.54) is 11.1 Å². The highest BCUT2D eigenvalue weighted by Gasteiger charge is 2.36. The number of carbonyl (C=O) groups excluding carboxylic acids is 1. The average Bonchev–Trinajstić information content (AvgIpc) is 2.59. The average molecular weight is 246 g/mol. The fraction of sp³-hybridized carbons (Fsp3) is 0.533. The van der Waals surface area contributed by atoms with E-state index in [1.807, 2.05) is 17.0 Å². The van der Waals surface area contributed by atoms with Crippen LogP contribution < -0.4 is 10.6 Å². The Balaban J connectivity index is 2.46. The molecule has 1 amide bonds. The quantitative estimate of drug-likeness (QED) is 0.891. The lowest BCUT2D eigenvalue weighted by Gasteiger charge is -2.23. The van der Waals surface area contributed by atoms with Crippen molar-refractivity contribution in [1.82, 2.24) is 0 Å². The first-order valence-corrected chi connectivity index (χ1v) is 6.64. The molecule has 3 heteroatoms. The third kappa shape index (κ3) is 1.93. The predicted molar refractivity (Wildman–Crippen MR) is 74.7 cm³/mol. The monoisotopic (exact) mass is 246 g/mol. The maximum absolute atomic E-state index is 12.3. The molecule has 1 aliphatic rings. The molecule has 0 saturated carbocycles. The van der Waals surface area contributed by atoms with Gasteiger partial charge in [-0.2, -0.15) is 0 Å². The molecular weight excluding hydrogens is 224 g/mol. The number of aryl methyl sites for hydroxylation is 1.